The van der Waals surface area contributed by atoms with Crippen LogP contribution < -0.4 is 4.74 Å². The van der Waals surface area contributed by atoms with Gasteiger partial charge < -0.3 is 14.2 Å². The lowest BCUT2D eigenvalue weighted by atomic mass is 10.3. The molecule has 0 fully saturated rings. The van der Waals surface area contributed by atoms with Crippen LogP contribution in [-0.2, 0) is 14.3 Å². The predicted molar refractivity (Wildman–Crippen MR) is 85.8 cm³/mol. The van der Waals surface area contributed by atoms with Crippen LogP contribution in [0.15, 0.2) is 6.07 Å². The second-order valence-corrected chi connectivity index (χ2v) is 5.55. The van der Waals surface area contributed by atoms with Gasteiger partial charge in [0.1, 0.15) is 11.6 Å². The van der Waals surface area contributed by atoms with Crippen molar-refractivity contribution in [2.24, 2.45) is 0 Å². The fourth-order valence-electron chi connectivity index (χ4n) is 1.50. The molecule has 0 bridgehead atoms. The first-order valence-corrected chi connectivity index (χ1v) is 7.95. The molecule has 7 heteroatoms. The molecule has 1 heterocycles. The number of aryl methyl sites for hydroxylation is 1. The third-order valence-electron chi connectivity index (χ3n) is 2.81. The average molecular weight is 350 g/mol. The van der Waals surface area contributed by atoms with Crippen LogP contribution in [0.25, 0.3) is 0 Å². The normalized spacial score (nSPS) is 12.0. The third-order valence-corrected chi connectivity index (χ3v) is 3.46. The Morgan fingerprint density at radius 2 is 2.00 bits per heavy atom. The number of esters is 1. The summed E-state index contributed by atoms with van der Waals surface area (Å²) in [6, 6.07) is 1.53. The van der Waals surface area contributed by atoms with Crippen LogP contribution in [0.5, 0.6) is 5.88 Å². The molecule has 1 atom stereocenters. The van der Waals surface area contributed by atoms with Gasteiger partial charge >= 0.3 is 5.97 Å². The molecule has 1 aromatic rings. The summed E-state index contributed by atoms with van der Waals surface area (Å²) >= 11 is 11.9. The van der Waals surface area contributed by atoms with Crippen LogP contribution in [0.3, 0.4) is 0 Å². The quantitative estimate of drug-likeness (QED) is 0.501. The summed E-state index contributed by atoms with van der Waals surface area (Å²) in [7, 11) is 0. The predicted octanol–water partition coefficient (Wildman–Crippen LogP) is 3.82. The number of halogens is 2. The molecule has 0 aliphatic rings. The number of ether oxygens (including phenoxy) is 3. The number of carbonyl (C=O) groups is 1. The van der Waals surface area contributed by atoms with E-state index >= 15 is 0 Å². The first kappa shape index (κ1) is 19.0. The Kier molecular flexibility index (Phi) is 8.53. The van der Waals surface area contributed by atoms with Crippen LogP contribution in [-0.4, -0.2) is 36.9 Å². The largest absolute Gasteiger partial charge is 0.462 e. The number of aromatic nitrogens is 1. The highest BCUT2D eigenvalue weighted by Crippen LogP contribution is 2.28. The molecule has 0 aromatic carbocycles. The van der Waals surface area contributed by atoms with Crippen LogP contribution in [0.2, 0.25) is 10.0 Å². The van der Waals surface area contributed by atoms with Gasteiger partial charge in [-0.15, -0.1) is 0 Å². The Bertz CT molecular complexity index is 497. The van der Waals surface area contributed by atoms with E-state index in [2.05, 4.69) is 11.9 Å². The first-order valence-electron chi connectivity index (χ1n) is 7.19. The van der Waals surface area contributed by atoms with Crippen LogP contribution in [0.4, 0.5) is 0 Å². The second-order valence-electron chi connectivity index (χ2n) is 4.74. The molecule has 0 amide bonds. The minimum absolute atomic E-state index is 0.159. The Morgan fingerprint density at radius 3 is 2.68 bits per heavy atom. The maximum Gasteiger partial charge on any atom is 0.347 e. The zero-order valence-electron chi connectivity index (χ0n) is 13.0. The van der Waals surface area contributed by atoms with Crippen LogP contribution >= 0.6 is 23.2 Å². The van der Waals surface area contributed by atoms with E-state index in [-0.39, 0.29) is 17.5 Å². The van der Waals surface area contributed by atoms with Crippen molar-refractivity contribution in [1.29, 1.82) is 0 Å². The molecule has 1 rings (SSSR count). The Balaban J connectivity index is 2.39. The number of carbonyl (C=O) groups excluding carboxylic acids is 1. The molecule has 0 N–H and O–H groups in total. The number of rotatable bonds is 9. The topological polar surface area (TPSA) is 57.7 Å². The van der Waals surface area contributed by atoms with Crippen molar-refractivity contribution in [2.75, 3.05) is 19.8 Å². The molecule has 0 aliphatic carbocycles. The van der Waals surface area contributed by atoms with Gasteiger partial charge in [0.15, 0.2) is 6.10 Å². The Labute approximate surface area is 140 Å². The summed E-state index contributed by atoms with van der Waals surface area (Å²) in [5, 5.41) is 0.690. The molecule has 0 saturated heterocycles. The molecule has 0 radical (unpaired) electrons. The molecule has 5 nitrogen and oxygen atoms in total. The van der Waals surface area contributed by atoms with Crippen LogP contribution in [0, 0.1) is 6.92 Å². The number of unbranched alkanes of at least 4 members (excludes halogenated alkanes) is 1. The van der Waals surface area contributed by atoms with Crippen molar-refractivity contribution >= 4 is 29.2 Å². The van der Waals surface area contributed by atoms with Crippen molar-refractivity contribution < 1.29 is 19.0 Å². The summed E-state index contributed by atoms with van der Waals surface area (Å²) in [6.07, 6.45) is 1.24. The van der Waals surface area contributed by atoms with Gasteiger partial charge in [0.25, 0.3) is 0 Å². The van der Waals surface area contributed by atoms with E-state index in [0.29, 0.717) is 23.9 Å². The highest BCUT2D eigenvalue weighted by atomic mass is 35.5. The molecule has 124 valence electrons. The minimum Gasteiger partial charge on any atom is -0.462 e. The number of hydrogen-bond donors (Lipinski definition) is 0. The molecule has 1 unspecified atom stereocenters. The van der Waals surface area contributed by atoms with E-state index in [1.807, 2.05) is 0 Å². The molecule has 1 aromatic heterocycles. The summed E-state index contributed by atoms with van der Waals surface area (Å²) in [6.45, 7) is 6.61. The maximum atomic E-state index is 11.8. The lowest BCUT2D eigenvalue weighted by Gasteiger charge is -2.15. The van der Waals surface area contributed by atoms with Crippen molar-refractivity contribution in [3.63, 3.8) is 0 Å². The van der Waals surface area contributed by atoms with Crippen molar-refractivity contribution in [3.05, 3.63) is 21.8 Å². The van der Waals surface area contributed by atoms with Crippen molar-refractivity contribution in [2.45, 2.75) is 39.7 Å². The Morgan fingerprint density at radius 1 is 1.27 bits per heavy atom. The highest BCUT2D eigenvalue weighted by molar-refractivity contribution is 6.35. The van der Waals surface area contributed by atoms with Gasteiger partial charge in [-0.25, -0.2) is 9.78 Å². The van der Waals surface area contributed by atoms with Gasteiger partial charge in [-0.1, -0.05) is 36.5 Å². The summed E-state index contributed by atoms with van der Waals surface area (Å²) < 4.78 is 15.8. The fourth-order valence-corrected chi connectivity index (χ4v) is 1.90. The van der Waals surface area contributed by atoms with E-state index in [1.165, 1.54) is 6.07 Å². The van der Waals surface area contributed by atoms with Gasteiger partial charge in [0.2, 0.25) is 5.88 Å². The monoisotopic (exact) mass is 349 g/mol. The van der Waals surface area contributed by atoms with E-state index in [4.69, 9.17) is 37.4 Å². The van der Waals surface area contributed by atoms with Gasteiger partial charge in [0.05, 0.1) is 17.3 Å². The van der Waals surface area contributed by atoms with Crippen molar-refractivity contribution in [1.82, 2.24) is 4.98 Å². The zero-order chi connectivity index (χ0) is 16.5. The first-order chi connectivity index (χ1) is 10.5. The number of nitrogens with zero attached hydrogens (tertiary/aromatic N) is 1. The molecular weight excluding hydrogens is 329 g/mol. The summed E-state index contributed by atoms with van der Waals surface area (Å²) in [5.74, 6) is -0.336. The maximum absolute atomic E-state index is 11.8. The van der Waals surface area contributed by atoms with E-state index in [1.54, 1.807) is 13.8 Å². The van der Waals surface area contributed by atoms with E-state index in [0.717, 1.165) is 12.8 Å². The standard InChI is InChI=1S/C15H21Cl2NO4/c1-4-5-6-20-7-8-21-15(19)11(3)22-14-13(17)9-12(16)10(2)18-14/h9,11H,4-8H2,1-3H3. The fraction of sp³-hybridized carbons (Fsp3) is 0.600. The third kappa shape index (κ3) is 6.38. The molecular formula is C15H21Cl2NO4. The minimum atomic E-state index is -0.818. The second kappa shape index (κ2) is 9.87. The highest BCUT2D eigenvalue weighted by Gasteiger charge is 2.19. The summed E-state index contributed by atoms with van der Waals surface area (Å²) in [4.78, 5) is 15.9. The lowest BCUT2D eigenvalue weighted by molar-refractivity contribution is -0.152. The smallest absolute Gasteiger partial charge is 0.347 e. The van der Waals surface area contributed by atoms with Gasteiger partial charge in [0, 0.05) is 6.61 Å². The molecule has 22 heavy (non-hydrogen) atoms. The Hall–Kier alpha value is -1.04. The SMILES string of the molecule is CCCCOCCOC(=O)C(C)Oc1nc(C)c(Cl)cc1Cl. The molecule has 0 aliphatic heterocycles. The van der Waals surface area contributed by atoms with Gasteiger partial charge in [-0.2, -0.15) is 0 Å². The van der Waals surface area contributed by atoms with E-state index in [9.17, 15) is 4.79 Å². The van der Waals surface area contributed by atoms with E-state index < -0.39 is 12.1 Å². The zero-order valence-corrected chi connectivity index (χ0v) is 14.5. The van der Waals surface area contributed by atoms with Gasteiger partial charge in [-0.05, 0) is 26.3 Å². The summed E-state index contributed by atoms with van der Waals surface area (Å²) in [5.41, 5.74) is 0.575. The van der Waals surface area contributed by atoms with Crippen molar-refractivity contribution in [3.8, 4) is 5.88 Å². The average Bonchev–Trinajstić information content (AvgIpc) is 2.48. The lowest BCUT2D eigenvalue weighted by Crippen LogP contribution is -2.27. The number of pyridine rings is 1. The van der Waals surface area contributed by atoms with Gasteiger partial charge in [-0.3, -0.25) is 0 Å². The molecule has 0 spiro atoms. The number of hydrogen-bond acceptors (Lipinski definition) is 5. The van der Waals surface area contributed by atoms with Crippen LogP contribution in [0.1, 0.15) is 32.4 Å². The molecule has 0 saturated carbocycles.